The summed E-state index contributed by atoms with van der Waals surface area (Å²) in [6.45, 7) is 15.4. The van der Waals surface area contributed by atoms with Gasteiger partial charge in [-0.3, -0.25) is 0 Å². The molecule has 0 atom stereocenters. The summed E-state index contributed by atoms with van der Waals surface area (Å²) in [6.07, 6.45) is 3.95. The Labute approximate surface area is 107 Å². The van der Waals surface area contributed by atoms with Gasteiger partial charge in [-0.15, -0.1) is 0 Å². The first kappa shape index (κ1) is 18.5. The summed E-state index contributed by atoms with van der Waals surface area (Å²) in [5.41, 5.74) is 0.0648. The van der Waals surface area contributed by atoms with Crippen LogP contribution in [0.3, 0.4) is 0 Å². The molecule has 17 heavy (non-hydrogen) atoms. The third-order valence-corrected chi connectivity index (χ3v) is 2.64. The van der Waals surface area contributed by atoms with Gasteiger partial charge in [-0.25, -0.2) is 0 Å². The Balaban J connectivity index is 0. The SMILES string of the molecule is C=C(C)C(=O)[O-].CCC[N+](C)(CCC)CCC. The van der Waals surface area contributed by atoms with Gasteiger partial charge in [-0.05, 0) is 31.8 Å². The number of carboxylic acids is 1. The standard InChI is InChI=1S/C10H24N.C4H6O2/c1-5-8-11(4,9-6-2)10-7-3;1-3(2)4(5)6/h5-10H2,1-4H3;1H2,2H3,(H,5,6)/q+1;/p-1. The molecule has 3 nitrogen and oxygen atoms in total. The van der Waals surface area contributed by atoms with Crippen LogP contribution in [0.25, 0.3) is 0 Å². The third-order valence-electron chi connectivity index (χ3n) is 2.64. The predicted octanol–water partition coefficient (Wildman–Crippen LogP) is 1.98. The fraction of sp³-hybridized carbons (Fsp3) is 0.786. The molecule has 0 amide bonds. The van der Waals surface area contributed by atoms with Crippen LogP contribution >= 0.6 is 0 Å². The van der Waals surface area contributed by atoms with E-state index in [-0.39, 0.29) is 5.57 Å². The van der Waals surface area contributed by atoms with Gasteiger partial charge >= 0.3 is 0 Å². The highest BCUT2D eigenvalue weighted by Gasteiger charge is 2.16. The molecule has 0 saturated heterocycles. The lowest BCUT2D eigenvalue weighted by Gasteiger charge is -2.33. The topological polar surface area (TPSA) is 40.1 Å². The minimum Gasteiger partial charge on any atom is -0.545 e. The van der Waals surface area contributed by atoms with Crippen molar-refractivity contribution in [2.75, 3.05) is 26.7 Å². The monoisotopic (exact) mass is 243 g/mol. The molecule has 0 aliphatic carbocycles. The maximum absolute atomic E-state index is 9.49. The van der Waals surface area contributed by atoms with Crippen LogP contribution in [0.1, 0.15) is 47.0 Å². The first-order chi connectivity index (χ1) is 7.82. The predicted molar refractivity (Wildman–Crippen MR) is 71.5 cm³/mol. The summed E-state index contributed by atoms with van der Waals surface area (Å²) in [5.74, 6) is -1.19. The maximum atomic E-state index is 9.49. The number of quaternary nitrogens is 1. The molecule has 0 unspecified atom stereocenters. The Kier molecular flexibility index (Phi) is 11.3. The van der Waals surface area contributed by atoms with E-state index in [1.807, 2.05) is 0 Å². The molecule has 0 spiro atoms. The molecule has 0 saturated carbocycles. The van der Waals surface area contributed by atoms with Gasteiger partial charge in [0.05, 0.1) is 32.7 Å². The molecule has 0 aromatic rings. The molecule has 0 rings (SSSR count). The molecule has 0 aliphatic rings. The summed E-state index contributed by atoms with van der Waals surface area (Å²) in [4.78, 5) is 9.49. The molecule has 0 aromatic carbocycles. The van der Waals surface area contributed by atoms with Crippen molar-refractivity contribution >= 4 is 5.97 Å². The number of rotatable bonds is 7. The largest absolute Gasteiger partial charge is 0.545 e. The second-order valence-corrected chi connectivity index (χ2v) is 4.86. The van der Waals surface area contributed by atoms with Gasteiger partial charge in [0, 0.05) is 0 Å². The number of aliphatic carboxylic acids is 1. The van der Waals surface area contributed by atoms with Crippen molar-refractivity contribution in [2.24, 2.45) is 0 Å². The molecule has 0 aliphatic heterocycles. The lowest BCUT2D eigenvalue weighted by molar-refractivity contribution is -0.909. The number of hydrogen-bond donors (Lipinski definition) is 0. The van der Waals surface area contributed by atoms with E-state index in [0.29, 0.717) is 0 Å². The maximum Gasteiger partial charge on any atom is 0.0781 e. The van der Waals surface area contributed by atoms with E-state index in [2.05, 4.69) is 34.4 Å². The van der Waals surface area contributed by atoms with E-state index in [9.17, 15) is 9.90 Å². The van der Waals surface area contributed by atoms with Crippen LogP contribution in [-0.4, -0.2) is 37.1 Å². The van der Waals surface area contributed by atoms with Crippen LogP contribution in [-0.2, 0) is 4.79 Å². The van der Waals surface area contributed by atoms with Crippen LogP contribution < -0.4 is 5.11 Å². The summed E-state index contributed by atoms with van der Waals surface area (Å²) in [6, 6.07) is 0. The summed E-state index contributed by atoms with van der Waals surface area (Å²) in [5, 5.41) is 9.49. The van der Waals surface area contributed by atoms with Gasteiger partial charge in [0.1, 0.15) is 0 Å². The second kappa shape index (κ2) is 10.3. The molecule has 102 valence electrons. The second-order valence-electron chi connectivity index (χ2n) is 4.86. The highest BCUT2D eigenvalue weighted by atomic mass is 16.4. The Morgan fingerprint density at radius 1 is 1.06 bits per heavy atom. The third kappa shape index (κ3) is 11.4. The van der Waals surface area contributed by atoms with Crippen molar-refractivity contribution < 1.29 is 14.4 Å². The summed E-state index contributed by atoms with van der Waals surface area (Å²) < 4.78 is 1.28. The van der Waals surface area contributed by atoms with Crippen LogP contribution in [0.2, 0.25) is 0 Å². The number of hydrogen-bond acceptors (Lipinski definition) is 2. The molecule has 0 fully saturated rings. The highest BCUT2D eigenvalue weighted by molar-refractivity contribution is 5.82. The van der Waals surface area contributed by atoms with Crippen molar-refractivity contribution in [3.05, 3.63) is 12.2 Å². The average Bonchev–Trinajstić information content (AvgIpc) is 2.19. The van der Waals surface area contributed by atoms with Gasteiger partial charge in [0.15, 0.2) is 0 Å². The molecule has 0 radical (unpaired) electrons. The van der Waals surface area contributed by atoms with E-state index in [1.54, 1.807) is 0 Å². The highest BCUT2D eigenvalue weighted by Crippen LogP contribution is 2.06. The fourth-order valence-electron chi connectivity index (χ4n) is 1.95. The average molecular weight is 243 g/mol. The van der Waals surface area contributed by atoms with E-state index in [4.69, 9.17) is 0 Å². The quantitative estimate of drug-likeness (QED) is 0.507. The summed E-state index contributed by atoms with van der Waals surface area (Å²) in [7, 11) is 2.39. The minimum absolute atomic E-state index is 0.0648. The Bertz CT molecular complexity index is 195. The number of nitrogens with zero attached hydrogens (tertiary/aromatic N) is 1. The van der Waals surface area contributed by atoms with Crippen LogP contribution in [0, 0.1) is 0 Å². The van der Waals surface area contributed by atoms with E-state index < -0.39 is 5.97 Å². The Morgan fingerprint density at radius 2 is 1.29 bits per heavy atom. The number of carbonyl (C=O) groups is 1. The lowest BCUT2D eigenvalue weighted by atomic mass is 10.2. The van der Waals surface area contributed by atoms with Crippen LogP contribution in [0.4, 0.5) is 0 Å². The first-order valence-corrected chi connectivity index (χ1v) is 6.53. The minimum atomic E-state index is -1.19. The molecular weight excluding hydrogens is 214 g/mol. The van der Waals surface area contributed by atoms with Gasteiger partial charge in [0.2, 0.25) is 0 Å². The molecule has 0 bridgehead atoms. The van der Waals surface area contributed by atoms with Crippen molar-refractivity contribution in [3.8, 4) is 0 Å². The first-order valence-electron chi connectivity index (χ1n) is 6.53. The molecule has 3 heteroatoms. The molecule has 0 N–H and O–H groups in total. The van der Waals surface area contributed by atoms with Gasteiger partial charge in [-0.1, -0.05) is 27.4 Å². The summed E-state index contributed by atoms with van der Waals surface area (Å²) >= 11 is 0. The van der Waals surface area contributed by atoms with Crippen molar-refractivity contribution in [3.63, 3.8) is 0 Å². The smallest absolute Gasteiger partial charge is 0.0781 e. The van der Waals surface area contributed by atoms with Gasteiger partial charge in [0.25, 0.3) is 0 Å². The fourth-order valence-corrected chi connectivity index (χ4v) is 1.95. The van der Waals surface area contributed by atoms with Crippen molar-refractivity contribution in [1.29, 1.82) is 0 Å². The van der Waals surface area contributed by atoms with E-state index in [0.717, 1.165) is 0 Å². The number of carboxylic acid groups (broad SMARTS) is 1. The molecule has 0 aromatic heterocycles. The van der Waals surface area contributed by atoms with Gasteiger partial charge in [-0.2, -0.15) is 0 Å². The van der Waals surface area contributed by atoms with Crippen molar-refractivity contribution in [1.82, 2.24) is 0 Å². The zero-order valence-electron chi connectivity index (χ0n) is 12.2. The van der Waals surface area contributed by atoms with Crippen LogP contribution in [0.5, 0.6) is 0 Å². The normalized spacial score (nSPS) is 10.4. The number of carbonyl (C=O) groups excluding carboxylic acids is 1. The van der Waals surface area contributed by atoms with E-state index >= 15 is 0 Å². The molecular formula is C14H29NO2. The van der Waals surface area contributed by atoms with Gasteiger partial charge < -0.3 is 14.4 Å². The lowest BCUT2D eigenvalue weighted by Crippen LogP contribution is -2.45. The van der Waals surface area contributed by atoms with Crippen LogP contribution in [0.15, 0.2) is 12.2 Å². The van der Waals surface area contributed by atoms with E-state index in [1.165, 1.54) is 50.3 Å². The zero-order valence-corrected chi connectivity index (χ0v) is 12.2. The zero-order chi connectivity index (χ0) is 13.9. The van der Waals surface area contributed by atoms with Crippen molar-refractivity contribution in [2.45, 2.75) is 47.0 Å². The Hall–Kier alpha value is -0.830. The molecule has 0 heterocycles. The Morgan fingerprint density at radius 3 is 1.41 bits per heavy atom.